The van der Waals surface area contributed by atoms with Crippen molar-refractivity contribution in [1.82, 2.24) is 29.6 Å². The summed E-state index contributed by atoms with van der Waals surface area (Å²) in [6, 6.07) is 4.27. The van der Waals surface area contributed by atoms with Gasteiger partial charge >= 0.3 is 0 Å². The molecular formula is C22H24ClN7O. The predicted molar refractivity (Wildman–Crippen MR) is 123 cm³/mol. The second-order valence-corrected chi connectivity index (χ2v) is 8.99. The van der Waals surface area contributed by atoms with E-state index in [0.717, 1.165) is 60.6 Å². The fraction of sp³-hybridized carbons (Fsp3) is 0.409. The monoisotopic (exact) mass is 437 g/mol. The van der Waals surface area contributed by atoms with Crippen molar-refractivity contribution >= 4 is 39.5 Å². The second-order valence-electron chi connectivity index (χ2n) is 8.61. The summed E-state index contributed by atoms with van der Waals surface area (Å²) in [7, 11) is 1.81. The zero-order chi connectivity index (χ0) is 21.3. The minimum absolute atomic E-state index is 0.0638. The molecule has 2 aliphatic rings. The van der Waals surface area contributed by atoms with Gasteiger partial charge in [-0.15, -0.1) is 0 Å². The molecule has 0 saturated carbocycles. The number of hydrogen-bond donors (Lipinski definition) is 2. The topological polar surface area (TPSA) is 83.8 Å². The van der Waals surface area contributed by atoms with E-state index in [0.29, 0.717) is 28.0 Å². The molecule has 3 aromatic heterocycles. The Balaban J connectivity index is 1.51. The van der Waals surface area contributed by atoms with Gasteiger partial charge < -0.3 is 15.2 Å². The van der Waals surface area contributed by atoms with E-state index < -0.39 is 0 Å². The summed E-state index contributed by atoms with van der Waals surface area (Å²) in [6.07, 6.45) is 4.94. The van der Waals surface area contributed by atoms with E-state index in [1.54, 1.807) is 4.57 Å². The number of hydrogen-bond acceptors (Lipinski definition) is 5. The summed E-state index contributed by atoms with van der Waals surface area (Å²) in [5, 5.41) is 10.1. The van der Waals surface area contributed by atoms with Crippen LogP contribution in [0.1, 0.15) is 13.3 Å². The van der Waals surface area contributed by atoms with Crippen molar-refractivity contribution in [2.75, 3.05) is 24.5 Å². The molecule has 2 fully saturated rings. The van der Waals surface area contributed by atoms with Crippen molar-refractivity contribution in [3.05, 3.63) is 39.9 Å². The van der Waals surface area contributed by atoms with E-state index in [9.17, 15) is 4.79 Å². The third-order valence-electron chi connectivity index (χ3n) is 6.75. The molecule has 31 heavy (non-hydrogen) atoms. The molecule has 5 heterocycles. The Morgan fingerprint density at radius 1 is 1.26 bits per heavy atom. The average Bonchev–Trinajstić information content (AvgIpc) is 3.46. The van der Waals surface area contributed by atoms with Crippen LogP contribution in [-0.4, -0.2) is 50.0 Å². The van der Waals surface area contributed by atoms with Crippen LogP contribution < -0.4 is 15.8 Å². The first kappa shape index (κ1) is 18.9. The van der Waals surface area contributed by atoms with Gasteiger partial charge in [-0.3, -0.25) is 14.0 Å². The maximum absolute atomic E-state index is 13.5. The number of aromatic nitrogens is 5. The number of piperidine rings is 1. The maximum Gasteiger partial charge on any atom is 0.264 e. The van der Waals surface area contributed by atoms with Crippen LogP contribution in [0, 0.1) is 5.92 Å². The first-order valence-corrected chi connectivity index (χ1v) is 11.1. The van der Waals surface area contributed by atoms with Crippen LogP contribution in [0.5, 0.6) is 0 Å². The lowest BCUT2D eigenvalue weighted by molar-refractivity contribution is 0.433. The van der Waals surface area contributed by atoms with Gasteiger partial charge in [0.2, 0.25) is 5.95 Å². The molecular weight excluding hydrogens is 414 g/mol. The lowest BCUT2D eigenvalue weighted by Gasteiger charge is -2.27. The zero-order valence-electron chi connectivity index (χ0n) is 17.5. The fourth-order valence-electron chi connectivity index (χ4n) is 5.15. The Morgan fingerprint density at radius 3 is 2.94 bits per heavy atom. The van der Waals surface area contributed by atoms with Crippen LogP contribution in [-0.2, 0) is 13.6 Å². The summed E-state index contributed by atoms with van der Waals surface area (Å²) < 4.78 is 3.55. The summed E-state index contributed by atoms with van der Waals surface area (Å²) >= 11 is 6.78. The standard InChI is InChI=1S/C22H24ClN7O/c1-3-29-11-16-17(27-29)5-4-14(19(16)23)15-9-25-20-18(15)21(31)28(2)22(26-20)30-10-12-6-13(30)8-24-7-12/h4-5,9,11-13,24-25H,3,6-8,10H2,1-2H3/t12-,13+/m1/s1. The smallest absolute Gasteiger partial charge is 0.264 e. The highest BCUT2D eigenvalue weighted by atomic mass is 35.5. The Bertz CT molecular complexity index is 1380. The van der Waals surface area contributed by atoms with Crippen molar-refractivity contribution in [3.8, 4) is 11.1 Å². The summed E-state index contributed by atoms with van der Waals surface area (Å²) in [6.45, 7) is 5.71. The minimum atomic E-state index is -0.0638. The van der Waals surface area contributed by atoms with Gasteiger partial charge in [0.15, 0.2) is 0 Å². The molecule has 9 heteroatoms. The van der Waals surface area contributed by atoms with Gasteiger partial charge in [0.1, 0.15) is 5.65 Å². The molecule has 6 rings (SSSR count). The van der Waals surface area contributed by atoms with Crippen LogP contribution in [0.3, 0.4) is 0 Å². The minimum Gasteiger partial charge on any atom is -0.345 e. The van der Waals surface area contributed by atoms with Gasteiger partial charge in [0.25, 0.3) is 5.56 Å². The molecule has 1 aromatic carbocycles. The van der Waals surface area contributed by atoms with Crippen LogP contribution in [0.25, 0.3) is 33.1 Å². The number of benzene rings is 1. The molecule has 2 N–H and O–H groups in total. The molecule has 2 aliphatic heterocycles. The molecule has 2 saturated heterocycles. The van der Waals surface area contributed by atoms with Gasteiger partial charge in [-0.25, -0.2) is 0 Å². The average molecular weight is 438 g/mol. The van der Waals surface area contributed by atoms with Gasteiger partial charge in [-0.1, -0.05) is 17.7 Å². The first-order chi connectivity index (χ1) is 15.0. The zero-order valence-corrected chi connectivity index (χ0v) is 18.3. The van der Waals surface area contributed by atoms with Crippen LogP contribution >= 0.6 is 11.6 Å². The number of nitrogens with one attached hydrogen (secondary N) is 2. The first-order valence-electron chi connectivity index (χ1n) is 10.8. The van der Waals surface area contributed by atoms with Gasteiger partial charge in [0, 0.05) is 61.6 Å². The van der Waals surface area contributed by atoms with Crippen molar-refractivity contribution in [2.45, 2.75) is 25.9 Å². The number of rotatable bonds is 3. The maximum atomic E-state index is 13.5. The number of anilines is 1. The van der Waals surface area contributed by atoms with E-state index in [1.807, 2.05) is 43.2 Å². The highest BCUT2D eigenvalue weighted by Gasteiger charge is 2.37. The van der Waals surface area contributed by atoms with Crippen molar-refractivity contribution in [2.24, 2.45) is 13.0 Å². The molecule has 4 aromatic rings. The highest BCUT2D eigenvalue weighted by Crippen LogP contribution is 2.37. The third-order valence-corrected chi connectivity index (χ3v) is 7.15. The van der Waals surface area contributed by atoms with Crippen LogP contribution in [0.2, 0.25) is 5.02 Å². The predicted octanol–water partition coefficient (Wildman–Crippen LogP) is 2.75. The number of fused-ring (bicyclic) bond motifs is 4. The van der Waals surface area contributed by atoms with Gasteiger partial charge in [-0.05, 0) is 31.9 Å². The lowest BCUT2D eigenvalue weighted by Crippen LogP contribution is -2.41. The van der Waals surface area contributed by atoms with Crippen molar-refractivity contribution in [3.63, 3.8) is 0 Å². The number of aryl methyl sites for hydroxylation is 1. The number of nitrogens with zero attached hydrogens (tertiary/aromatic N) is 5. The molecule has 0 amide bonds. The van der Waals surface area contributed by atoms with E-state index in [4.69, 9.17) is 16.6 Å². The quantitative estimate of drug-likeness (QED) is 0.515. The van der Waals surface area contributed by atoms with E-state index >= 15 is 0 Å². The summed E-state index contributed by atoms with van der Waals surface area (Å²) in [5.74, 6) is 1.34. The Morgan fingerprint density at radius 2 is 2.13 bits per heavy atom. The molecule has 160 valence electrons. The summed E-state index contributed by atoms with van der Waals surface area (Å²) in [4.78, 5) is 23.9. The molecule has 0 radical (unpaired) electrons. The number of aromatic amines is 1. The molecule has 2 bridgehead atoms. The second kappa shape index (κ2) is 6.83. The van der Waals surface area contributed by atoms with Gasteiger partial charge in [-0.2, -0.15) is 10.1 Å². The van der Waals surface area contributed by atoms with Crippen molar-refractivity contribution < 1.29 is 0 Å². The van der Waals surface area contributed by atoms with E-state index in [1.165, 1.54) is 0 Å². The normalized spacial score (nSPS) is 20.9. The Hall–Kier alpha value is -2.84. The summed E-state index contributed by atoms with van der Waals surface area (Å²) in [5.41, 5.74) is 2.96. The molecule has 0 spiro atoms. The molecule has 0 aliphatic carbocycles. The van der Waals surface area contributed by atoms with E-state index in [2.05, 4.69) is 20.3 Å². The van der Waals surface area contributed by atoms with Gasteiger partial charge in [0.05, 0.1) is 15.9 Å². The third kappa shape index (κ3) is 2.74. The molecule has 8 nitrogen and oxygen atoms in total. The number of H-pyrrole nitrogens is 1. The number of halogens is 1. The van der Waals surface area contributed by atoms with Crippen LogP contribution in [0.15, 0.2) is 29.3 Å². The van der Waals surface area contributed by atoms with Crippen molar-refractivity contribution in [1.29, 1.82) is 0 Å². The largest absolute Gasteiger partial charge is 0.345 e. The molecule has 2 atom stereocenters. The van der Waals surface area contributed by atoms with Crippen LogP contribution in [0.4, 0.5) is 5.95 Å². The fourth-order valence-corrected chi connectivity index (χ4v) is 5.46. The Kier molecular flexibility index (Phi) is 4.16. The Labute approximate surface area is 183 Å². The lowest BCUT2D eigenvalue weighted by atomic mass is 10.0. The van der Waals surface area contributed by atoms with E-state index in [-0.39, 0.29) is 5.56 Å². The SMILES string of the molecule is CCn1cc2c(Cl)c(-c3c[nH]c4nc(N5C[C@H]6CNC[C@@H]5C6)n(C)c(=O)c34)ccc2n1. The molecule has 0 unspecified atom stereocenters. The highest BCUT2D eigenvalue weighted by molar-refractivity contribution is 6.38.